The number of aromatic nitrogens is 4. The molecule has 116 valence electrons. The topological polar surface area (TPSA) is 84.7 Å². The fraction of sp³-hybridized carbons (Fsp3) is 0.250. The molecule has 1 fully saturated rings. The molecule has 3 aromatic rings. The van der Waals surface area contributed by atoms with E-state index in [0.29, 0.717) is 5.82 Å². The van der Waals surface area contributed by atoms with E-state index in [0.717, 1.165) is 35.1 Å². The van der Waals surface area contributed by atoms with Crippen LogP contribution in [0.1, 0.15) is 0 Å². The number of fused-ring (bicyclic) bond motifs is 1. The number of rotatable bonds is 3. The molecule has 3 aromatic heterocycles. The Labute approximate surface area is 132 Å². The van der Waals surface area contributed by atoms with Gasteiger partial charge < -0.3 is 10.6 Å². The zero-order valence-electron chi connectivity index (χ0n) is 12.7. The minimum atomic E-state index is 0.00646. The summed E-state index contributed by atoms with van der Waals surface area (Å²) in [6.07, 6.45) is 7.23. The molecule has 7 nitrogen and oxygen atoms in total. The molecule has 7 heteroatoms. The summed E-state index contributed by atoms with van der Waals surface area (Å²) in [5, 5.41) is 11.1. The van der Waals surface area contributed by atoms with Crippen molar-refractivity contribution in [3.63, 3.8) is 0 Å². The Morgan fingerprint density at radius 1 is 1.22 bits per heavy atom. The van der Waals surface area contributed by atoms with Crippen molar-refractivity contribution in [2.45, 2.75) is 0 Å². The van der Waals surface area contributed by atoms with Gasteiger partial charge in [-0.15, -0.1) is 0 Å². The van der Waals surface area contributed by atoms with E-state index in [1.54, 1.807) is 23.3 Å². The van der Waals surface area contributed by atoms with Gasteiger partial charge in [0, 0.05) is 49.0 Å². The maximum absolute atomic E-state index is 12.0. The molecule has 0 aliphatic carbocycles. The van der Waals surface area contributed by atoms with E-state index in [9.17, 15) is 4.79 Å². The van der Waals surface area contributed by atoms with Crippen molar-refractivity contribution in [2.24, 2.45) is 13.0 Å². The number of nitrogens with zero attached hydrogens (tertiary/aromatic N) is 4. The first kappa shape index (κ1) is 13.8. The molecule has 4 rings (SSSR count). The highest BCUT2D eigenvalue weighted by atomic mass is 16.2. The van der Waals surface area contributed by atoms with Crippen LogP contribution < -0.4 is 10.6 Å². The van der Waals surface area contributed by atoms with Crippen LogP contribution in [-0.2, 0) is 11.8 Å². The summed E-state index contributed by atoms with van der Waals surface area (Å²) in [6, 6.07) is 3.88. The van der Waals surface area contributed by atoms with E-state index < -0.39 is 0 Å². The fourth-order valence-electron chi connectivity index (χ4n) is 2.53. The van der Waals surface area contributed by atoms with Crippen LogP contribution >= 0.6 is 0 Å². The van der Waals surface area contributed by atoms with Gasteiger partial charge in [0.05, 0.1) is 23.8 Å². The first-order chi connectivity index (χ1) is 11.2. The van der Waals surface area contributed by atoms with Gasteiger partial charge in [-0.2, -0.15) is 5.10 Å². The van der Waals surface area contributed by atoms with E-state index in [1.165, 1.54) is 0 Å². The summed E-state index contributed by atoms with van der Waals surface area (Å²) in [6.45, 7) is 1.46. The smallest absolute Gasteiger partial charge is 0.231 e. The van der Waals surface area contributed by atoms with Crippen molar-refractivity contribution in [2.75, 3.05) is 18.4 Å². The molecular formula is C16H16N6O. The number of amides is 1. The molecule has 0 unspecified atom stereocenters. The van der Waals surface area contributed by atoms with Crippen LogP contribution in [0.5, 0.6) is 0 Å². The van der Waals surface area contributed by atoms with Gasteiger partial charge in [-0.1, -0.05) is 0 Å². The molecule has 1 saturated heterocycles. The molecule has 0 aromatic carbocycles. The largest absolute Gasteiger partial charge is 0.315 e. The second kappa shape index (κ2) is 5.44. The molecule has 0 atom stereocenters. The van der Waals surface area contributed by atoms with Crippen molar-refractivity contribution < 1.29 is 4.79 Å². The first-order valence-electron chi connectivity index (χ1n) is 7.45. The van der Waals surface area contributed by atoms with Gasteiger partial charge in [-0.3, -0.25) is 14.5 Å². The Morgan fingerprint density at radius 2 is 2.09 bits per heavy atom. The summed E-state index contributed by atoms with van der Waals surface area (Å²) in [5.41, 5.74) is 2.78. The molecular weight excluding hydrogens is 292 g/mol. The van der Waals surface area contributed by atoms with Gasteiger partial charge in [-0.25, -0.2) is 4.98 Å². The molecule has 0 saturated carbocycles. The lowest BCUT2D eigenvalue weighted by Crippen LogP contribution is -2.48. The minimum absolute atomic E-state index is 0.00646. The van der Waals surface area contributed by atoms with E-state index in [1.807, 2.05) is 25.4 Å². The third kappa shape index (κ3) is 2.66. The Balaban J connectivity index is 1.65. The third-order valence-electron chi connectivity index (χ3n) is 4.01. The van der Waals surface area contributed by atoms with Crippen molar-refractivity contribution >= 4 is 22.6 Å². The number of nitrogens with one attached hydrogen (secondary N) is 2. The summed E-state index contributed by atoms with van der Waals surface area (Å²) in [5.74, 6) is 0.596. The predicted octanol–water partition coefficient (Wildman–Crippen LogP) is 1.19. The summed E-state index contributed by atoms with van der Waals surface area (Å²) in [4.78, 5) is 20.7. The minimum Gasteiger partial charge on any atom is -0.315 e. The number of carbonyl (C=O) groups excluding carboxylic acids is 1. The van der Waals surface area contributed by atoms with Crippen molar-refractivity contribution in [1.82, 2.24) is 25.1 Å². The first-order valence-corrected chi connectivity index (χ1v) is 7.45. The van der Waals surface area contributed by atoms with E-state index >= 15 is 0 Å². The number of aryl methyl sites for hydroxylation is 1. The van der Waals surface area contributed by atoms with Crippen LogP contribution in [0.25, 0.3) is 22.0 Å². The van der Waals surface area contributed by atoms with Crippen molar-refractivity contribution in [3.05, 3.63) is 36.9 Å². The van der Waals surface area contributed by atoms with Crippen LogP contribution in [-0.4, -0.2) is 38.7 Å². The molecule has 0 bridgehead atoms. The molecule has 0 radical (unpaired) electrons. The SMILES string of the molecule is Cn1cc(-c2cnc3cnc(NC(=O)C4CNC4)cc3c2)cn1. The second-order valence-electron chi connectivity index (χ2n) is 5.73. The number of anilines is 1. The van der Waals surface area contributed by atoms with Gasteiger partial charge in [-0.05, 0) is 12.1 Å². The number of hydrogen-bond donors (Lipinski definition) is 2. The van der Waals surface area contributed by atoms with Crippen LogP contribution in [0.2, 0.25) is 0 Å². The maximum Gasteiger partial charge on any atom is 0.231 e. The highest BCUT2D eigenvalue weighted by Gasteiger charge is 2.25. The Morgan fingerprint density at radius 3 is 2.78 bits per heavy atom. The zero-order valence-corrected chi connectivity index (χ0v) is 12.7. The Hall–Kier alpha value is -2.80. The van der Waals surface area contributed by atoms with Crippen molar-refractivity contribution in [1.29, 1.82) is 0 Å². The van der Waals surface area contributed by atoms with Gasteiger partial charge in [0.1, 0.15) is 5.82 Å². The zero-order chi connectivity index (χ0) is 15.8. The highest BCUT2D eigenvalue weighted by Crippen LogP contribution is 2.23. The van der Waals surface area contributed by atoms with E-state index in [-0.39, 0.29) is 11.8 Å². The number of carbonyl (C=O) groups is 1. The molecule has 0 spiro atoms. The average Bonchev–Trinajstić information content (AvgIpc) is 2.91. The van der Waals surface area contributed by atoms with Crippen molar-refractivity contribution in [3.8, 4) is 11.1 Å². The third-order valence-corrected chi connectivity index (χ3v) is 4.01. The fourth-order valence-corrected chi connectivity index (χ4v) is 2.53. The number of hydrogen-bond acceptors (Lipinski definition) is 5. The van der Waals surface area contributed by atoms with Crippen LogP contribution in [0, 0.1) is 5.92 Å². The van der Waals surface area contributed by atoms with Gasteiger partial charge in [0.2, 0.25) is 5.91 Å². The maximum atomic E-state index is 12.0. The summed E-state index contributed by atoms with van der Waals surface area (Å²) in [7, 11) is 1.88. The molecule has 1 aliphatic rings. The van der Waals surface area contributed by atoms with Gasteiger partial charge in [0.25, 0.3) is 0 Å². The Kier molecular flexibility index (Phi) is 3.27. The lowest BCUT2D eigenvalue weighted by Gasteiger charge is -2.25. The average molecular weight is 308 g/mol. The molecule has 4 heterocycles. The van der Waals surface area contributed by atoms with Gasteiger partial charge >= 0.3 is 0 Å². The molecule has 2 N–H and O–H groups in total. The van der Waals surface area contributed by atoms with Gasteiger partial charge in [0.15, 0.2) is 0 Å². The molecule has 23 heavy (non-hydrogen) atoms. The highest BCUT2D eigenvalue weighted by molar-refractivity contribution is 5.94. The lowest BCUT2D eigenvalue weighted by atomic mass is 10.0. The van der Waals surface area contributed by atoms with E-state index in [2.05, 4.69) is 25.7 Å². The normalized spacial score (nSPS) is 14.7. The monoisotopic (exact) mass is 308 g/mol. The van der Waals surface area contributed by atoms with Crippen LogP contribution in [0.3, 0.4) is 0 Å². The second-order valence-corrected chi connectivity index (χ2v) is 5.73. The Bertz CT molecular complexity index is 883. The number of pyridine rings is 2. The quantitative estimate of drug-likeness (QED) is 0.759. The predicted molar refractivity (Wildman–Crippen MR) is 86.7 cm³/mol. The standard InChI is InChI=1S/C16H16N6O/c1-22-9-13(7-20-22)11-2-10-3-15(19-8-14(10)18-6-11)21-16(23)12-4-17-5-12/h2-3,6-9,12,17H,4-5H2,1H3,(H,19,21,23). The van der Waals surface area contributed by atoms with E-state index in [4.69, 9.17) is 0 Å². The van der Waals surface area contributed by atoms with Crippen LogP contribution in [0.15, 0.2) is 36.9 Å². The lowest BCUT2D eigenvalue weighted by molar-refractivity contribution is -0.121. The summed E-state index contributed by atoms with van der Waals surface area (Å²) >= 11 is 0. The summed E-state index contributed by atoms with van der Waals surface area (Å²) < 4.78 is 1.75. The molecule has 1 aliphatic heterocycles. The molecule has 1 amide bonds. The van der Waals surface area contributed by atoms with Crippen LogP contribution in [0.4, 0.5) is 5.82 Å².